The first-order chi connectivity index (χ1) is 18.6. The van der Waals surface area contributed by atoms with Gasteiger partial charge in [0.1, 0.15) is 23.5 Å². The van der Waals surface area contributed by atoms with Gasteiger partial charge >= 0.3 is 22.5 Å². The van der Waals surface area contributed by atoms with Crippen molar-refractivity contribution < 1.29 is 36.1 Å². The molecule has 17 heteroatoms. The third-order valence-corrected chi connectivity index (χ3v) is 12.0. The molecular weight excluding hydrogens is 574 g/mol. The number of amidine groups is 1. The van der Waals surface area contributed by atoms with Crippen LogP contribution in [0.4, 0.5) is 9.59 Å². The van der Waals surface area contributed by atoms with E-state index in [4.69, 9.17) is 14.7 Å². The Morgan fingerprint density at radius 1 is 1.24 bits per heavy atom. The summed E-state index contributed by atoms with van der Waals surface area (Å²) in [6.45, 7) is 16.4. The lowest BCUT2D eigenvalue weighted by Crippen LogP contribution is -2.51. The van der Waals surface area contributed by atoms with E-state index >= 15 is 0 Å². The minimum Gasteiger partial charge on any atom is -0.444 e. The molecule has 0 aliphatic carbocycles. The number of hydrogen-bond acceptors (Lipinski definition) is 9. The molecule has 1 aromatic heterocycles. The third kappa shape index (κ3) is 7.57. The van der Waals surface area contributed by atoms with Crippen LogP contribution in [-0.2, 0) is 30.5 Å². The fourth-order valence-corrected chi connectivity index (χ4v) is 5.81. The second-order valence-corrected chi connectivity index (χ2v) is 18.5. The molecular formula is C24H43N7O8SSi. The highest BCUT2D eigenvalue weighted by Gasteiger charge is 2.54. The lowest BCUT2D eigenvalue weighted by Gasteiger charge is -2.41. The van der Waals surface area contributed by atoms with Gasteiger partial charge in [0.05, 0.1) is 18.4 Å². The number of ether oxygens (including phenoxy) is 1. The number of rotatable bonds is 10. The van der Waals surface area contributed by atoms with Gasteiger partial charge in [-0.25, -0.2) is 9.59 Å². The number of aromatic nitrogens is 2. The fourth-order valence-electron chi connectivity index (χ4n) is 4.38. The lowest BCUT2D eigenvalue weighted by atomic mass is 9.97. The number of hydrogen-bond donors (Lipinski definition) is 3. The van der Waals surface area contributed by atoms with Crippen LogP contribution in [0.2, 0.25) is 18.1 Å². The van der Waals surface area contributed by atoms with Gasteiger partial charge in [-0.15, -0.1) is 4.28 Å². The van der Waals surface area contributed by atoms with E-state index in [2.05, 4.69) is 35.5 Å². The number of hydroxylamine groups is 4. The van der Waals surface area contributed by atoms with E-state index in [-0.39, 0.29) is 17.4 Å². The highest BCUT2D eigenvalue weighted by Crippen LogP contribution is 2.45. The fraction of sp³-hybridized carbons (Fsp3) is 0.750. The Hall–Kier alpha value is -2.73. The van der Waals surface area contributed by atoms with E-state index in [0.29, 0.717) is 42.3 Å². The molecule has 2 atom stereocenters. The van der Waals surface area contributed by atoms with E-state index in [1.165, 1.54) is 16.2 Å². The minimum absolute atomic E-state index is 0.0217. The zero-order chi connectivity index (χ0) is 31.1. The minimum atomic E-state index is -4.99. The van der Waals surface area contributed by atoms with Gasteiger partial charge in [-0.05, 0) is 51.7 Å². The molecule has 2 bridgehead atoms. The molecule has 3 heterocycles. The average Bonchev–Trinajstić information content (AvgIpc) is 3.32. The molecule has 0 unspecified atom stereocenters. The van der Waals surface area contributed by atoms with Crippen LogP contribution in [0, 0.1) is 5.41 Å². The molecule has 0 aromatic carbocycles. The largest absolute Gasteiger partial charge is 0.444 e. The van der Waals surface area contributed by atoms with Crippen LogP contribution in [0.5, 0.6) is 0 Å². The van der Waals surface area contributed by atoms with Crippen LogP contribution in [0.15, 0.2) is 6.20 Å². The summed E-state index contributed by atoms with van der Waals surface area (Å²) in [5, 5.41) is 18.1. The maximum Gasteiger partial charge on any atom is 0.418 e. The second kappa shape index (κ2) is 11.5. The Bertz CT molecular complexity index is 1270. The topological polar surface area (TPSA) is 180 Å². The van der Waals surface area contributed by atoms with E-state index in [1.807, 2.05) is 13.1 Å². The first kappa shape index (κ1) is 32.8. The number of carbonyl (C=O) groups is 2. The first-order valence-corrected chi connectivity index (χ1v) is 17.7. The number of aryl methyl sites for hydroxylation is 1. The number of unbranched alkanes of at least 4 members (excludes halogenated alkanes) is 1. The van der Waals surface area contributed by atoms with Gasteiger partial charge in [-0.2, -0.15) is 18.6 Å². The quantitative estimate of drug-likeness (QED) is 0.0877. The number of carbonyl (C=O) groups excluding carboxylic acids is 2. The van der Waals surface area contributed by atoms with Gasteiger partial charge in [0.15, 0.2) is 0 Å². The molecule has 15 nitrogen and oxygen atoms in total. The SMILES string of the molecule is CN(O[Si](C)(C)C(C)(C)C)C(=N)[C@@H]1c2c(cnn2CCCCNC(=O)OC(C)(C)C)[C@@H]2CN1C(=O)N2OS(=O)(=O)O. The summed E-state index contributed by atoms with van der Waals surface area (Å²) in [6, 6.07) is -2.63. The van der Waals surface area contributed by atoms with Crippen LogP contribution in [0.3, 0.4) is 0 Å². The molecule has 3 N–H and O–H groups in total. The normalized spacial score (nSPS) is 19.3. The van der Waals surface area contributed by atoms with E-state index in [9.17, 15) is 22.6 Å². The number of alkyl carbamates (subject to hydrolysis) is 1. The van der Waals surface area contributed by atoms with Gasteiger partial charge in [0, 0.05) is 25.7 Å². The number of urea groups is 1. The number of likely N-dealkylation sites (N-methyl/N-ethyl adjacent to an activating group) is 1. The van der Waals surface area contributed by atoms with Crippen LogP contribution >= 0.6 is 0 Å². The summed E-state index contributed by atoms with van der Waals surface area (Å²) in [4.78, 5) is 26.5. The predicted molar refractivity (Wildman–Crippen MR) is 152 cm³/mol. The smallest absolute Gasteiger partial charge is 0.418 e. The maximum atomic E-state index is 13.3. The number of amides is 3. The average molecular weight is 618 g/mol. The van der Waals surface area contributed by atoms with E-state index < -0.39 is 48.5 Å². The summed E-state index contributed by atoms with van der Waals surface area (Å²) < 4.78 is 50.3. The first-order valence-electron chi connectivity index (χ1n) is 13.4. The molecule has 3 amide bonds. The van der Waals surface area contributed by atoms with Crippen LogP contribution in [0.1, 0.15) is 77.7 Å². The Balaban J connectivity index is 1.85. The molecule has 41 heavy (non-hydrogen) atoms. The Labute approximate surface area is 242 Å². The van der Waals surface area contributed by atoms with E-state index in [0.717, 1.165) is 0 Å². The zero-order valence-electron chi connectivity index (χ0n) is 25.2. The van der Waals surface area contributed by atoms with Crippen molar-refractivity contribution in [3.05, 3.63) is 17.5 Å². The van der Waals surface area contributed by atoms with Crippen molar-refractivity contribution in [3.8, 4) is 0 Å². The lowest BCUT2D eigenvalue weighted by molar-refractivity contribution is -0.0317. The Morgan fingerprint density at radius 2 is 1.88 bits per heavy atom. The number of nitrogens with zero attached hydrogens (tertiary/aromatic N) is 5. The van der Waals surface area contributed by atoms with E-state index in [1.54, 1.807) is 32.5 Å². The Morgan fingerprint density at radius 3 is 2.44 bits per heavy atom. The predicted octanol–water partition coefficient (Wildman–Crippen LogP) is 3.60. The molecule has 1 aromatic rings. The maximum absolute atomic E-state index is 13.3. The molecule has 0 radical (unpaired) electrons. The van der Waals surface area contributed by atoms with Gasteiger partial charge in [-0.1, -0.05) is 20.8 Å². The van der Waals surface area contributed by atoms with Crippen LogP contribution in [0.25, 0.3) is 0 Å². The molecule has 1 saturated heterocycles. The highest BCUT2D eigenvalue weighted by atomic mass is 32.3. The van der Waals surface area contributed by atoms with Gasteiger partial charge in [0.2, 0.25) is 8.32 Å². The van der Waals surface area contributed by atoms with Crippen molar-refractivity contribution in [2.45, 2.75) is 96.7 Å². The summed E-state index contributed by atoms with van der Waals surface area (Å²) >= 11 is 0. The summed E-state index contributed by atoms with van der Waals surface area (Å²) in [6.07, 6.45) is 2.22. The van der Waals surface area contributed by atoms with Gasteiger partial charge < -0.3 is 19.5 Å². The monoisotopic (exact) mass is 617 g/mol. The number of fused-ring (bicyclic) bond motifs is 4. The van der Waals surface area contributed by atoms with Crippen molar-refractivity contribution >= 4 is 36.7 Å². The van der Waals surface area contributed by atoms with Gasteiger partial charge in [0.25, 0.3) is 0 Å². The third-order valence-electron chi connectivity index (χ3n) is 7.34. The molecule has 0 saturated carbocycles. The molecule has 232 valence electrons. The second-order valence-electron chi connectivity index (χ2n) is 12.8. The number of nitrogens with one attached hydrogen (secondary N) is 2. The summed E-state index contributed by atoms with van der Waals surface area (Å²) in [7, 11) is -5.72. The Kier molecular flexibility index (Phi) is 9.20. The standard InChI is InChI=1S/C24H43N7O8SSi/c1-23(2,3)37-21(32)26-12-10-11-13-30-18-16(14-27-30)17-15-29(22(33)31(17)38-40(34,35)36)19(18)20(25)28(7)39-41(8,9)24(4,5)6/h14,17,19,25H,10-13,15H2,1-9H3,(H,26,32)(H,34,35,36)/t17-,19-/m0/s1. The van der Waals surface area contributed by atoms with Crippen LogP contribution in [-0.4, -0.2) is 89.8 Å². The summed E-state index contributed by atoms with van der Waals surface area (Å²) in [5.74, 6) is -0.0371. The molecule has 3 rings (SSSR count). The molecule has 2 aliphatic rings. The molecule has 2 aliphatic heterocycles. The van der Waals surface area contributed by atoms with Gasteiger partial charge in [-0.3, -0.25) is 19.7 Å². The highest BCUT2D eigenvalue weighted by molar-refractivity contribution is 7.80. The van der Waals surface area contributed by atoms with Crippen molar-refractivity contribution in [2.24, 2.45) is 0 Å². The summed E-state index contributed by atoms with van der Waals surface area (Å²) in [5.41, 5.74) is 0.419. The van der Waals surface area contributed by atoms with Crippen molar-refractivity contribution in [3.63, 3.8) is 0 Å². The molecule has 0 spiro atoms. The molecule has 1 fully saturated rings. The van der Waals surface area contributed by atoms with Crippen molar-refractivity contribution in [1.82, 2.24) is 30.1 Å². The van der Waals surface area contributed by atoms with Crippen molar-refractivity contribution in [1.29, 1.82) is 5.41 Å². The zero-order valence-corrected chi connectivity index (χ0v) is 27.0. The van der Waals surface area contributed by atoms with Crippen LogP contribution < -0.4 is 5.32 Å². The van der Waals surface area contributed by atoms with Crippen molar-refractivity contribution in [2.75, 3.05) is 20.1 Å².